The van der Waals surface area contributed by atoms with E-state index in [4.69, 9.17) is 4.74 Å². The van der Waals surface area contributed by atoms with Crippen LogP contribution in [0.3, 0.4) is 0 Å². The number of alkyl carbamates (subject to hydrolysis) is 1. The van der Waals surface area contributed by atoms with Gasteiger partial charge in [0.1, 0.15) is 5.60 Å². The van der Waals surface area contributed by atoms with Gasteiger partial charge in [-0.1, -0.05) is 30.3 Å². The zero-order chi connectivity index (χ0) is 18.3. The quantitative estimate of drug-likeness (QED) is 0.305. The molecule has 1 amide bonds. The summed E-state index contributed by atoms with van der Waals surface area (Å²) in [5, 5.41) is 6.05. The van der Waals surface area contributed by atoms with Gasteiger partial charge in [-0.2, -0.15) is 0 Å². The maximum atomic E-state index is 11.6. The Kier molecular flexibility index (Phi) is 9.18. The summed E-state index contributed by atoms with van der Waals surface area (Å²) in [6.45, 7) is 8.60. The van der Waals surface area contributed by atoms with Crippen LogP contribution in [-0.4, -0.2) is 55.8 Å². The standard InChI is InChI=1S/C19H30N4O2.HI/c1-19(2,3)25-18(24)22-12-11-21-17(20-4)23-13-10-16(14-23)15-8-6-5-7-9-15;/h5-9,16H,10-14H2,1-4H3,(H,20,21)(H,22,24);1H. The van der Waals surface area contributed by atoms with Crippen LogP contribution in [0, 0.1) is 0 Å². The number of hydrogen-bond acceptors (Lipinski definition) is 3. The summed E-state index contributed by atoms with van der Waals surface area (Å²) in [6, 6.07) is 10.6. The second-order valence-corrected chi connectivity index (χ2v) is 7.24. The van der Waals surface area contributed by atoms with Crippen molar-refractivity contribution in [2.45, 2.75) is 38.7 Å². The Balaban J connectivity index is 0.00000338. The highest BCUT2D eigenvalue weighted by Crippen LogP contribution is 2.26. The molecule has 0 aromatic heterocycles. The van der Waals surface area contributed by atoms with Gasteiger partial charge < -0.3 is 20.3 Å². The van der Waals surface area contributed by atoms with E-state index in [-0.39, 0.29) is 24.0 Å². The van der Waals surface area contributed by atoms with Gasteiger partial charge in [0.25, 0.3) is 0 Å². The van der Waals surface area contributed by atoms with Gasteiger partial charge in [-0.3, -0.25) is 4.99 Å². The minimum atomic E-state index is -0.477. The molecule has 0 aliphatic carbocycles. The number of amides is 1. The molecule has 2 rings (SSSR count). The van der Waals surface area contributed by atoms with Gasteiger partial charge in [-0.05, 0) is 32.8 Å². The molecule has 1 saturated heterocycles. The van der Waals surface area contributed by atoms with Crippen LogP contribution in [0.5, 0.6) is 0 Å². The fraction of sp³-hybridized carbons (Fsp3) is 0.579. The maximum Gasteiger partial charge on any atom is 0.407 e. The van der Waals surface area contributed by atoms with Gasteiger partial charge in [-0.25, -0.2) is 4.79 Å². The van der Waals surface area contributed by atoms with E-state index in [2.05, 4.69) is 44.8 Å². The van der Waals surface area contributed by atoms with Crippen LogP contribution in [0.4, 0.5) is 4.79 Å². The van der Waals surface area contributed by atoms with Gasteiger partial charge in [0, 0.05) is 39.1 Å². The molecular formula is C19H31IN4O2. The van der Waals surface area contributed by atoms with Gasteiger partial charge in [0.05, 0.1) is 0 Å². The summed E-state index contributed by atoms with van der Waals surface area (Å²) >= 11 is 0. The highest BCUT2D eigenvalue weighted by molar-refractivity contribution is 14.0. The van der Waals surface area contributed by atoms with Gasteiger partial charge >= 0.3 is 6.09 Å². The number of nitrogens with zero attached hydrogens (tertiary/aromatic N) is 2. The number of halogens is 1. The second-order valence-electron chi connectivity index (χ2n) is 7.24. The minimum absolute atomic E-state index is 0. The molecule has 1 heterocycles. The van der Waals surface area contributed by atoms with E-state index in [1.807, 2.05) is 26.8 Å². The van der Waals surface area contributed by atoms with Gasteiger partial charge in [0.15, 0.2) is 5.96 Å². The number of guanidine groups is 1. The molecule has 1 aromatic carbocycles. The molecule has 0 saturated carbocycles. The van der Waals surface area contributed by atoms with E-state index in [0.717, 1.165) is 25.5 Å². The van der Waals surface area contributed by atoms with Crippen molar-refractivity contribution in [3.8, 4) is 0 Å². The maximum absolute atomic E-state index is 11.6. The molecule has 0 radical (unpaired) electrons. The normalized spacial score (nSPS) is 17.5. The molecule has 1 aromatic rings. The zero-order valence-electron chi connectivity index (χ0n) is 16.1. The molecule has 2 N–H and O–H groups in total. The number of ether oxygens (including phenoxy) is 1. The summed E-state index contributed by atoms with van der Waals surface area (Å²) in [5.41, 5.74) is 0.905. The number of rotatable bonds is 4. The van der Waals surface area contributed by atoms with E-state index in [1.54, 1.807) is 7.05 Å². The second kappa shape index (κ2) is 10.6. The Hall–Kier alpha value is -1.51. The molecule has 7 heteroatoms. The number of benzene rings is 1. The van der Waals surface area contributed by atoms with Crippen molar-refractivity contribution in [3.05, 3.63) is 35.9 Å². The Labute approximate surface area is 173 Å². The number of aliphatic imine (C=N–C) groups is 1. The van der Waals surface area contributed by atoms with Crippen LogP contribution >= 0.6 is 24.0 Å². The fourth-order valence-corrected chi connectivity index (χ4v) is 2.94. The third-order valence-corrected chi connectivity index (χ3v) is 4.05. The number of carbonyl (C=O) groups is 1. The van der Waals surface area contributed by atoms with Crippen molar-refractivity contribution >= 4 is 36.0 Å². The lowest BCUT2D eigenvalue weighted by atomic mass is 9.99. The van der Waals surface area contributed by atoms with E-state index in [9.17, 15) is 4.79 Å². The fourth-order valence-electron chi connectivity index (χ4n) is 2.94. The van der Waals surface area contributed by atoms with Crippen molar-refractivity contribution in [1.82, 2.24) is 15.5 Å². The first-order chi connectivity index (χ1) is 11.9. The summed E-state index contributed by atoms with van der Waals surface area (Å²) in [5.74, 6) is 1.42. The number of carbonyl (C=O) groups excluding carboxylic acids is 1. The van der Waals surface area contributed by atoms with E-state index >= 15 is 0 Å². The lowest BCUT2D eigenvalue weighted by Gasteiger charge is -2.22. The Morgan fingerprint density at radius 2 is 1.88 bits per heavy atom. The first kappa shape index (κ1) is 22.5. The average Bonchev–Trinajstić information content (AvgIpc) is 3.04. The van der Waals surface area contributed by atoms with Crippen LogP contribution < -0.4 is 10.6 Å². The van der Waals surface area contributed by atoms with Crippen LogP contribution in [0.15, 0.2) is 35.3 Å². The van der Waals surface area contributed by atoms with Crippen molar-refractivity contribution < 1.29 is 9.53 Å². The minimum Gasteiger partial charge on any atom is -0.444 e. The largest absolute Gasteiger partial charge is 0.444 e. The van der Waals surface area contributed by atoms with Crippen LogP contribution in [0.1, 0.15) is 38.7 Å². The molecule has 1 unspecified atom stereocenters. The number of nitrogens with one attached hydrogen (secondary N) is 2. The number of likely N-dealkylation sites (tertiary alicyclic amines) is 1. The highest BCUT2D eigenvalue weighted by Gasteiger charge is 2.25. The molecule has 1 aliphatic rings. The van der Waals surface area contributed by atoms with Crippen LogP contribution in [0.25, 0.3) is 0 Å². The summed E-state index contributed by atoms with van der Waals surface area (Å²) in [7, 11) is 1.79. The molecule has 0 spiro atoms. The summed E-state index contributed by atoms with van der Waals surface area (Å²) in [6.07, 6.45) is 0.732. The topological polar surface area (TPSA) is 66.0 Å². The third kappa shape index (κ3) is 7.39. The highest BCUT2D eigenvalue weighted by atomic mass is 127. The smallest absolute Gasteiger partial charge is 0.407 e. The first-order valence-electron chi connectivity index (χ1n) is 8.86. The lowest BCUT2D eigenvalue weighted by Crippen LogP contribution is -2.43. The van der Waals surface area contributed by atoms with E-state index in [0.29, 0.717) is 19.0 Å². The average molecular weight is 474 g/mol. The molecular weight excluding hydrogens is 443 g/mol. The number of hydrogen-bond donors (Lipinski definition) is 2. The predicted octanol–water partition coefficient (Wildman–Crippen LogP) is 3.19. The Morgan fingerprint density at radius 3 is 2.50 bits per heavy atom. The van der Waals surface area contributed by atoms with Crippen molar-refractivity contribution in [2.24, 2.45) is 4.99 Å². The van der Waals surface area contributed by atoms with Gasteiger partial charge in [-0.15, -0.1) is 24.0 Å². The Morgan fingerprint density at radius 1 is 1.23 bits per heavy atom. The molecule has 1 fully saturated rings. The molecule has 6 nitrogen and oxygen atoms in total. The van der Waals surface area contributed by atoms with E-state index in [1.165, 1.54) is 5.56 Å². The van der Waals surface area contributed by atoms with Crippen LogP contribution in [0.2, 0.25) is 0 Å². The van der Waals surface area contributed by atoms with Crippen LogP contribution in [-0.2, 0) is 4.74 Å². The SMILES string of the molecule is CN=C(NCCNC(=O)OC(C)(C)C)N1CCC(c2ccccc2)C1.I. The van der Waals surface area contributed by atoms with Crippen molar-refractivity contribution in [2.75, 3.05) is 33.2 Å². The van der Waals surface area contributed by atoms with Gasteiger partial charge in [0.2, 0.25) is 0 Å². The van der Waals surface area contributed by atoms with E-state index < -0.39 is 11.7 Å². The predicted molar refractivity (Wildman–Crippen MR) is 116 cm³/mol. The molecule has 146 valence electrons. The molecule has 0 bridgehead atoms. The first-order valence-corrected chi connectivity index (χ1v) is 8.86. The summed E-state index contributed by atoms with van der Waals surface area (Å²) in [4.78, 5) is 18.3. The zero-order valence-corrected chi connectivity index (χ0v) is 18.4. The van der Waals surface area contributed by atoms with Crippen molar-refractivity contribution in [1.29, 1.82) is 0 Å². The lowest BCUT2D eigenvalue weighted by molar-refractivity contribution is 0.0529. The summed E-state index contributed by atoms with van der Waals surface area (Å²) < 4.78 is 5.22. The third-order valence-electron chi connectivity index (χ3n) is 4.05. The Bertz CT molecular complexity index is 587. The monoisotopic (exact) mass is 474 g/mol. The molecule has 1 aliphatic heterocycles. The van der Waals surface area contributed by atoms with Crippen molar-refractivity contribution in [3.63, 3.8) is 0 Å². The molecule has 26 heavy (non-hydrogen) atoms. The molecule has 1 atom stereocenters.